The average molecular weight is 443 g/mol. The Balaban J connectivity index is 2.36. The molecule has 1 rings (SSSR count). The van der Waals surface area contributed by atoms with Gasteiger partial charge in [0.15, 0.2) is 17.8 Å². The summed E-state index contributed by atoms with van der Waals surface area (Å²) in [5.41, 5.74) is 0.780. The van der Waals surface area contributed by atoms with E-state index in [1.54, 1.807) is 0 Å². The predicted octanol–water partition coefficient (Wildman–Crippen LogP) is 8.28. The van der Waals surface area contributed by atoms with E-state index in [-0.39, 0.29) is 0 Å². The Labute approximate surface area is 197 Å². The maximum atomic E-state index is 10.6. The van der Waals surface area contributed by atoms with E-state index in [1.807, 2.05) is 18.2 Å². The van der Waals surface area contributed by atoms with Gasteiger partial charge in [0.05, 0.1) is 13.2 Å². The topological polar surface area (TPSA) is 35.5 Å². The highest BCUT2D eigenvalue weighted by molar-refractivity contribution is 5.74. The van der Waals surface area contributed by atoms with Gasteiger partial charge in [0.2, 0.25) is 0 Å². The van der Waals surface area contributed by atoms with Crippen molar-refractivity contribution in [1.29, 1.82) is 0 Å². The zero-order chi connectivity index (χ0) is 23.1. The van der Waals surface area contributed by atoms with Gasteiger partial charge in [-0.1, -0.05) is 110 Å². The lowest BCUT2D eigenvalue weighted by molar-refractivity contribution is -0.103. The van der Waals surface area contributed by atoms with Gasteiger partial charge in [0.1, 0.15) is 0 Å². The molecule has 1 aromatic carbocycles. The van der Waals surface area contributed by atoms with E-state index < -0.39 is 0 Å². The Morgan fingerprint density at radius 1 is 0.656 bits per heavy atom. The third kappa shape index (κ3) is 15.0. The van der Waals surface area contributed by atoms with Gasteiger partial charge in [-0.25, -0.2) is 0 Å². The molecule has 0 atom stereocenters. The van der Waals surface area contributed by atoms with Crippen molar-refractivity contribution >= 4 is 6.29 Å². The average Bonchev–Trinajstić information content (AvgIpc) is 2.81. The fourth-order valence-corrected chi connectivity index (χ4v) is 3.77. The first-order valence-corrected chi connectivity index (χ1v) is 13.2. The summed E-state index contributed by atoms with van der Waals surface area (Å²) in [6.07, 6.45) is 21.1. The molecule has 0 bridgehead atoms. The molecule has 0 aliphatic rings. The van der Waals surface area contributed by atoms with Crippen LogP contribution in [0.25, 0.3) is 0 Å². The van der Waals surface area contributed by atoms with E-state index in [9.17, 15) is 4.79 Å². The number of hydrogen-bond acceptors (Lipinski definition) is 3. The molecule has 0 spiro atoms. The molecule has 180 valence electrons. The first-order valence-electron chi connectivity index (χ1n) is 13.2. The molecule has 0 saturated heterocycles. The molecule has 0 aromatic heterocycles. The van der Waals surface area contributed by atoms with E-state index in [0.29, 0.717) is 19.5 Å². The maximum absolute atomic E-state index is 10.6. The van der Waals surface area contributed by atoms with Gasteiger partial charge >= 0.3 is 0 Å². The molecule has 0 radical (unpaired) electrons. The quantitative estimate of drug-likeness (QED) is 0.116. The molecule has 0 fully saturated rings. The number of rotatable bonds is 20. The van der Waals surface area contributed by atoms with E-state index in [4.69, 9.17) is 9.47 Å². The number of carbonyl (C=O) groups excluding carboxylic acids is 1. The van der Waals surface area contributed by atoms with Gasteiger partial charge in [-0.05, 0) is 37.0 Å². The summed E-state index contributed by atoms with van der Waals surface area (Å²) >= 11 is 0. The van der Waals surface area contributed by atoms with Crippen LogP contribution in [0.1, 0.15) is 122 Å². The fraction of sp³-hybridized carbons (Fsp3) is 0.690. The van der Waals surface area contributed by atoms with Gasteiger partial charge < -0.3 is 9.47 Å². The summed E-state index contributed by atoms with van der Waals surface area (Å²) in [6, 6.07) is 5.70. The minimum absolute atomic E-state index is 0.619. The van der Waals surface area contributed by atoms with Crippen LogP contribution in [0, 0.1) is 11.8 Å². The Kier molecular flexibility index (Phi) is 18.4. The van der Waals surface area contributed by atoms with Crippen LogP contribution >= 0.6 is 0 Å². The third-order valence-corrected chi connectivity index (χ3v) is 5.73. The number of benzene rings is 1. The summed E-state index contributed by atoms with van der Waals surface area (Å²) in [6.45, 7) is 5.91. The van der Waals surface area contributed by atoms with Crippen LogP contribution in [0.5, 0.6) is 11.5 Å². The van der Waals surface area contributed by atoms with Gasteiger partial charge in [-0.15, -0.1) is 0 Å². The summed E-state index contributed by atoms with van der Waals surface area (Å²) in [7, 11) is 0. The van der Waals surface area contributed by atoms with Crippen molar-refractivity contribution in [2.45, 2.75) is 117 Å². The van der Waals surface area contributed by atoms with Crippen LogP contribution in [0.2, 0.25) is 0 Å². The molecule has 0 aliphatic carbocycles. The number of hydrogen-bond donors (Lipinski definition) is 0. The first kappa shape index (κ1) is 28.1. The summed E-state index contributed by atoms with van der Waals surface area (Å²) in [5.74, 6) is 6.84. The zero-order valence-corrected chi connectivity index (χ0v) is 20.8. The fourth-order valence-electron chi connectivity index (χ4n) is 3.77. The monoisotopic (exact) mass is 442 g/mol. The van der Waals surface area contributed by atoms with E-state index in [2.05, 4.69) is 25.7 Å². The Bertz CT molecular complexity index is 642. The molecular weight excluding hydrogens is 396 g/mol. The van der Waals surface area contributed by atoms with Crippen LogP contribution in [0.4, 0.5) is 0 Å². The molecule has 0 saturated carbocycles. The van der Waals surface area contributed by atoms with Crippen LogP contribution in [0.3, 0.4) is 0 Å². The second-order valence-corrected chi connectivity index (χ2v) is 8.70. The van der Waals surface area contributed by atoms with Crippen molar-refractivity contribution < 1.29 is 14.3 Å². The second-order valence-electron chi connectivity index (χ2n) is 8.70. The van der Waals surface area contributed by atoms with Crippen molar-refractivity contribution in [2.24, 2.45) is 0 Å². The first-order chi connectivity index (χ1) is 15.8. The number of unbranched alkanes of at least 4 members (excludes halogenated alkanes) is 14. The lowest BCUT2D eigenvalue weighted by Gasteiger charge is -2.13. The molecule has 1 aromatic rings. The highest BCUT2D eigenvalue weighted by Gasteiger charge is 2.07. The molecule has 3 heteroatoms. The maximum Gasteiger partial charge on any atom is 0.193 e. The molecular formula is C29H46O3. The minimum atomic E-state index is 0.619. The number of aldehydes is 1. The number of carbonyl (C=O) groups is 1. The van der Waals surface area contributed by atoms with E-state index in [1.165, 1.54) is 89.9 Å². The summed E-state index contributed by atoms with van der Waals surface area (Å²) in [4.78, 5) is 10.6. The van der Waals surface area contributed by atoms with Gasteiger partial charge in [0, 0.05) is 5.56 Å². The molecule has 0 unspecified atom stereocenters. The Hall–Kier alpha value is -1.95. The molecule has 0 amide bonds. The van der Waals surface area contributed by atoms with Crippen molar-refractivity contribution in [3.05, 3.63) is 23.8 Å². The van der Waals surface area contributed by atoms with Gasteiger partial charge in [0.25, 0.3) is 0 Å². The minimum Gasteiger partial charge on any atom is -0.490 e. The highest BCUT2D eigenvalue weighted by Crippen LogP contribution is 2.29. The summed E-state index contributed by atoms with van der Waals surface area (Å²) < 4.78 is 12.1. The van der Waals surface area contributed by atoms with E-state index >= 15 is 0 Å². The second kappa shape index (κ2) is 20.9. The molecule has 0 aliphatic heterocycles. The molecule has 0 heterocycles. The smallest absolute Gasteiger partial charge is 0.193 e. The van der Waals surface area contributed by atoms with E-state index in [0.717, 1.165) is 29.9 Å². The SMILES string of the molecule is CCCCCCCCCCOc1ccc(C#CC=O)cc1OCCCCCCCCCC. The van der Waals surface area contributed by atoms with Crippen LogP contribution in [-0.2, 0) is 4.79 Å². The van der Waals surface area contributed by atoms with Crippen molar-refractivity contribution in [2.75, 3.05) is 13.2 Å². The normalized spacial score (nSPS) is 10.4. The third-order valence-electron chi connectivity index (χ3n) is 5.73. The number of ether oxygens (including phenoxy) is 2. The van der Waals surface area contributed by atoms with Crippen molar-refractivity contribution in [3.8, 4) is 23.3 Å². The van der Waals surface area contributed by atoms with Crippen molar-refractivity contribution in [1.82, 2.24) is 0 Å². The van der Waals surface area contributed by atoms with Crippen LogP contribution in [0.15, 0.2) is 18.2 Å². The zero-order valence-electron chi connectivity index (χ0n) is 20.8. The van der Waals surface area contributed by atoms with Crippen LogP contribution < -0.4 is 9.47 Å². The lowest BCUT2D eigenvalue weighted by atomic mass is 10.1. The van der Waals surface area contributed by atoms with Crippen molar-refractivity contribution in [3.63, 3.8) is 0 Å². The standard InChI is InChI=1S/C29H46O3/c1-3-5-7-9-11-13-15-17-24-31-28-22-21-27(20-19-23-30)26-29(28)32-25-18-16-14-12-10-8-6-4-2/h21-23,26H,3-18,24-25H2,1-2H3. The molecule has 0 N–H and O–H groups in total. The van der Waals surface area contributed by atoms with Gasteiger partial charge in [-0.3, -0.25) is 4.79 Å². The van der Waals surface area contributed by atoms with Crippen LogP contribution in [-0.4, -0.2) is 19.5 Å². The lowest BCUT2D eigenvalue weighted by Crippen LogP contribution is -2.03. The highest BCUT2D eigenvalue weighted by atomic mass is 16.5. The Morgan fingerprint density at radius 2 is 1.12 bits per heavy atom. The molecule has 3 nitrogen and oxygen atoms in total. The molecule has 32 heavy (non-hydrogen) atoms. The Morgan fingerprint density at radius 3 is 1.62 bits per heavy atom. The summed E-state index contributed by atoms with van der Waals surface area (Å²) in [5, 5.41) is 0. The largest absolute Gasteiger partial charge is 0.490 e. The van der Waals surface area contributed by atoms with Gasteiger partial charge in [-0.2, -0.15) is 0 Å². The predicted molar refractivity (Wildman–Crippen MR) is 136 cm³/mol.